The van der Waals surface area contributed by atoms with Crippen molar-refractivity contribution >= 4 is 11.9 Å². The van der Waals surface area contributed by atoms with Crippen LogP contribution in [0.15, 0.2) is 47.1 Å². The lowest BCUT2D eigenvalue weighted by Gasteiger charge is -2.23. The number of benzene rings is 1. The lowest BCUT2D eigenvalue weighted by molar-refractivity contribution is -0.130. The van der Waals surface area contributed by atoms with Gasteiger partial charge in [0.15, 0.2) is 6.10 Å². The SMILES string of the molecule is O=C1OC(C(=O)NCCc2ccco2)Cc2ccccc21. The van der Waals surface area contributed by atoms with E-state index in [4.69, 9.17) is 9.15 Å². The molecule has 0 saturated carbocycles. The summed E-state index contributed by atoms with van der Waals surface area (Å²) in [5.74, 6) is 0.0914. The smallest absolute Gasteiger partial charge is 0.339 e. The number of furan rings is 1. The van der Waals surface area contributed by atoms with Crippen molar-refractivity contribution in [2.45, 2.75) is 18.9 Å². The monoisotopic (exact) mass is 285 g/mol. The molecule has 0 aliphatic carbocycles. The van der Waals surface area contributed by atoms with Gasteiger partial charge in [0.2, 0.25) is 0 Å². The molecule has 5 nitrogen and oxygen atoms in total. The predicted octanol–water partition coefficient (Wildman–Crippen LogP) is 1.72. The number of cyclic esters (lactones) is 1. The Morgan fingerprint density at radius 3 is 2.90 bits per heavy atom. The van der Waals surface area contributed by atoms with Crippen molar-refractivity contribution in [3.05, 3.63) is 59.5 Å². The van der Waals surface area contributed by atoms with Gasteiger partial charge in [-0.15, -0.1) is 0 Å². The summed E-state index contributed by atoms with van der Waals surface area (Å²) in [5.41, 5.74) is 1.39. The molecule has 1 aliphatic rings. The van der Waals surface area contributed by atoms with E-state index in [2.05, 4.69) is 5.32 Å². The van der Waals surface area contributed by atoms with Crippen LogP contribution in [-0.2, 0) is 22.4 Å². The largest absolute Gasteiger partial charge is 0.469 e. The summed E-state index contributed by atoms with van der Waals surface area (Å²) < 4.78 is 10.4. The first-order chi connectivity index (χ1) is 10.2. The first-order valence-electron chi connectivity index (χ1n) is 6.83. The lowest BCUT2D eigenvalue weighted by atomic mass is 9.98. The number of hydrogen-bond acceptors (Lipinski definition) is 4. The number of hydrogen-bond donors (Lipinski definition) is 1. The minimum Gasteiger partial charge on any atom is -0.469 e. The topological polar surface area (TPSA) is 68.5 Å². The number of carbonyl (C=O) groups is 2. The number of esters is 1. The highest BCUT2D eigenvalue weighted by atomic mass is 16.5. The molecule has 1 aliphatic heterocycles. The van der Waals surface area contributed by atoms with E-state index in [-0.39, 0.29) is 5.91 Å². The normalized spacial score (nSPS) is 17.0. The minimum absolute atomic E-state index is 0.274. The third-order valence-corrected chi connectivity index (χ3v) is 3.44. The van der Waals surface area contributed by atoms with E-state index in [1.54, 1.807) is 24.5 Å². The predicted molar refractivity (Wildman–Crippen MR) is 74.8 cm³/mol. The van der Waals surface area contributed by atoms with Crippen molar-refractivity contribution in [2.75, 3.05) is 6.54 Å². The average Bonchev–Trinajstić information content (AvgIpc) is 3.00. The standard InChI is InChI=1S/C16H15NO4/c18-15(17-8-7-12-5-3-9-20-12)14-10-11-4-1-2-6-13(11)16(19)21-14/h1-6,9,14H,7-8,10H2,(H,17,18). The Balaban J connectivity index is 1.58. The van der Waals surface area contributed by atoms with Crippen LogP contribution in [0.5, 0.6) is 0 Å². The molecule has 1 aromatic heterocycles. The van der Waals surface area contributed by atoms with Crippen LogP contribution >= 0.6 is 0 Å². The number of amides is 1. The molecule has 108 valence electrons. The molecule has 1 aromatic carbocycles. The molecule has 1 amide bonds. The summed E-state index contributed by atoms with van der Waals surface area (Å²) in [6.45, 7) is 0.446. The Bertz CT molecular complexity index is 648. The molecule has 0 fully saturated rings. The summed E-state index contributed by atoms with van der Waals surface area (Å²) in [6, 6.07) is 10.8. The molecule has 1 unspecified atom stereocenters. The molecule has 2 heterocycles. The van der Waals surface area contributed by atoms with Gasteiger partial charge in [0, 0.05) is 19.4 Å². The second kappa shape index (κ2) is 5.83. The first-order valence-corrected chi connectivity index (χ1v) is 6.83. The number of fused-ring (bicyclic) bond motifs is 1. The van der Waals surface area contributed by atoms with Crippen molar-refractivity contribution in [3.63, 3.8) is 0 Å². The van der Waals surface area contributed by atoms with Gasteiger partial charge in [0.05, 0.1) is 11.8 Å². The summed E-state index contributed by atoms with van der Waals surface area (Å²) >= 11 is 0. The van der Waals surface area contributed by atoms with E-state index >= 15 is 0 Å². The summed E-state index contributed by atoms with van der Waals surface area (Å²) in [4.78, 5) is 23.9. The van der Waals surface area contributed by atoms with Crippen LogP contribution in [-0.4, -0.2) is 24.5 Å². The van der Waals surface area contributed by atoms with E-state index < -0.39 is 12.1 Å². The highest BCUT2D eigenvalue weighted by Gasteiger charge is 2.30. The van der Waals surface area contributed by atoms with Crippen molar-refractivity contribution in [2.24, 2.45) is 0 Å². The van der Waals surface area contributed by atoms with Crippen LogP contribution in [0.3, 0.4) is 0 Å². The van der Waals surface area contributed by atoms with Gasteiger partial charge < -0.3 is 14.5 Å². The molecule has 3 rings (SSSR count). The van der Waals surface area contributed by atoms with E-state index in [0.717, 1.165) is 11.3 Å². The quantitative estimate of drug-likeness (QED) is 0.868. The maximum absolute atomic E-state index is 12.1. The second-order valence-corrected chi connectivity index (χ2v) is 4.88. The number of carbonyl (C=O) groups excluding carboxylic acids is 2. The Hall–Kier alpha value is -2.56. The molecule has 0 spiro atoms. The summed E-state index contributed by atoms with van der Waals surface area (Å²) in [6.07, 6.45) is 1.85. The Morgan fingerprint density at radius 1 is 1.24 bits per heavy atom. The van der Waals surface area contributed by atoms with Gasteiger partial charge in [-0.2, -0.15) is 0 Å². The molecule has 21 heavy (non-hydrogen) atoms. The van der Waals surface area contributed by atoms with Crippen LogP contribution in [0, 0.1) is 0 Å². The van der Waals surface area contributed by atoms with Gasteiger partial charge in [-0.1, -0.05) is 18.2 Å². The van der Waals surface area contributed by atoms with Gasteiger partial charge in [0.1, 0.15) is 5.76 Å². The average molecular weight is 285 g/mol. The van der Waals surface area contributed by atoms with Gasteiger partial charge in [-0.05, 0) is 23.8 Å². The zero-order chi connectivity index (χ0) is 14.7. The molecule has 1 N–H and O–H groups in total. The molecule has 2 aromatic rings. The van der Waals surface area contributed by atoms with Gasteiger partial charge in [0.25, 0.3) is 5.91 Å². The van der Waals surface area contributed by atoms with Crippen molar-refractivity contribution in [3.8, 4) is 0 Å². The van der Waals surface area contributed by atoms with Crippen LogP contribution in [0.4, 0.5) is 0 Å². The fraction of sp³-hybridized carbons (Fsp3) is 0.250. The van der Waals surface area contributed by atoms with Crippen LogP contribution < -0.4 is 5.32 Å². The number of nitrogens with one attached hydrogen (secondary N) is 1. The van der Waals surface area contributed by atoms with Crippen molar-refractivity contribution in [1.82, 2.24) is 5.32 Å². The summed E-state index contributed by atoms with van der Waals surface area (Å²) in [7, 11) is 0. The van der Waals surface area contributed by atoms with Gasteiger partial charge in [-0.25, -0.2) is 4.79 Å². The minimum atomic E-state index is -0.760. The molecule has 0 radical (unpaired) electrons. The zero-order valence-electron chi connectivity index (χ0n) is 11.4. The Kier molecular flexibility index (Phi) is 3.73. The molecular weight excluding hydrogens is 270 g/mol. The third-order valence-electron chi connectivity index (χ3n) is 3.44. The van der Waals surface area contributed by atoms with E-state index in [0.29, 0.717) is 24.9 Å². The zero-order valence-corrected chi connectivity index (χ0v) is 11.4. The van der Waals surface area contributed by atoms with Crippen molar-refractivity contribution < 1.29 is 18.7 Å². The molecule has 0 saturated heterocycles. The Labute approximate surface area is 121 Å². The summed E-state index contributed by atoms with van der Waals surface area (Å²) in [5, 5.41) is 2.77. The molecule has 1 atom stereocenters. The number of rotatable bonds is 4. The molecule has 5 heteroatoms. The second-order valence-electron chi connectivity index (χ2n) is 4.88. The maximum atomic E-state index is 12.1. The first kappa shape index (κ1) is 13.4. The fourth-order valence-electron chi connectivity index (χ4n) is 2.36. The van der Waals surface area contributed by atoms with E-state index in [9.17, 15) is 9.59 Å². The van der Waals surface area contributed by atoms with Crippen LogP contribution in [0.1, 0.15) is 21.7 Å². The fourth-order valence-corrected chi connectivity index (χ4v) is 2.36. The van der Waals surface area contributed by atoms with Gasteiger partial charge in [-0.3, -0.25) is 4.79 Å². The van der Waals surface area contributed by atoms with Crippen LogP contribution in [0.2, 0.25) is 0 Å². The molecule has 0 bridgehead atoms. The number of ether oxygens (including phenoxy) is 1. The third kappa shape index (κ3) is 2.97. The van der Waals surface area contributed by atoms with Crippen molar-refractivity contribution in [1.29, 1.82) is 0 Å². The Morgan fingerprint density at radius 2 is 2.10 bits per heavy atom. The highest BCUT2D eigenvalue weighted by molar-refractivity contribution is 5.95. The van der Waals surface area contributed by atoms with Crippen LogP contribution in [0.25, 0.3) is 0 Å². The highest BCUT2D eigenvalue weighted by Crippen LogP contribution is 2.20. The van der Waals surface area contributed by atoms with E-state index in [1.807, 2.05) is 18.2 Å². The molecular formula is C16H15NO4. The maximum Gasteiger partial charge on any atom is 0.339 e. The van der Waals surface area contributed by atoms with E-state index in [1.165, 1.54) is 0 Å². The van der Waals surface area contributed by atoms with Gasteiger partial charge >= 0.3 is 5.97 Å². The lowest BCUT2D eigenvalue weighted by Crippen LogP contribution is -2.42.